The zero-order chi connectivity index (χ0) is 20.7. The molecule has 0 saturated carbocycles. The molecular weight excluding hydrogens is 380 g/mol. The Kier molecular flexibility index (Phi) is 4.86. The van der Waals surface area contributed by atoms with Crippen LogP contribution in [0.4, 0.5) is 11.5 Å². The third kappa shape index (κ3) is 3.31. The van der Waals surface area contributed by atoms with Crippen molar-refractivity contribution in [1.29, 1.82) is 0 Å². The van der Waals surface area contributed by atoms with Crippen molar-refractivity contribution < 1.29 is 9.15 Å². The summed E-state index contributed by atoms with van der Waals surface area (Å²) < 4.78 is 11.6. The molecule has 8 heteroatoms. The number of hydrogen-bond donors (Lipinski definition) is 0. The lowest BCUT2D eigenvalue weighted by Gasteiger charge is -2.46. The number of morpholine rings is 1. The molecule has 1 saturated heterocycles. The van der Waals surface area contributed by atoms with E-state index in [1.54, 1.807) is 0 Å². The second-order valence-electron chi connectivity index (χ2n) is 7.91. The lowest BCUT2D eigenvalue weighted by atomic mass is 10.1. The van der Waals surface area contributed by atoms with Crippen molar-refractivity contribution in [3.8, 4) is 11.4 Å². The lowest BCUT2D eigenvalue weighted by molar-refractivity contribution is 0.0929. The van der Waals surface area contributed by atoms with Crippen molar-refractivity contribution >= 4 is 11.5 Å². The van der Waals surface area contributed by atoms with Crippen molar-refractivity contribution in [1.82, 2.24) is 20.2 Å². The lowest BCUT2D eigenvalue weighted by Crippen LogP contribution is -2.56. The van der Waals surface area contributed by atoms with Gasteiger partial charge < -0.3 is 19.0 Å². The van der Waals surface area contributed by atoms with E-state index in [9.17, 15) is 0 Å². The normalized spacial score (nSPS) is 19.4. The van der Waals surface area contributed by atoms with E-state index >= 15 is 0 Å². The first-order valence-electron chi connectivity index (χ1n) is 10.5. The van der Waals surface area contributed by atoms with Gasteiger partial charge in [-0.3, -0.25) is 0 Å². The number of benzene rings is 1. The van der Waals surface area contributed by atoms with E-state index in [2.05, 4.69) is 52.0 Å². The summed E-state index contributed by atoms with van der Waals surface area (Å²) >= 11 is 0. The van der Waals surface area contributed by atoms with Gasteiger partial charge in [0.25, 0.3) is 0 Å². The maximum Gasteiger partial charge on any atom is 0.238 e. The third-order valence-electron chi connectivity index (χ3n) is 5.85. The van der Waals surface area contributed by atoms with Gasteiger partial charge in [0.05, 0.1) is 31.1 Å². The van der Waals surface area contributed by atoms with Gasteiger partial charge in [-0.25, -0.2) is 9.97 Å². The van der Waals surface area contributed by atoms with Gasteiger partial charge in [-0.2, -0.15) is 0 Å². The molecule has 0 spiro atoms. The van der Waals surface area contributed by atoms with E-state index in [0.717, 1.165) is 42.4 Å². The second-order valence-corrected chi connectivity index (χ2v) is 7.91. The van der Waals surface area contributed by atoms with Gasteiger partial charge in [0.1, 0.15) is 6.04 Å². The summed E-state index contributed by atoms with van der Waals surface area (Å²) in [7, 11) is 0. The van der Waals surface area contributed by atoms with Gasteiger partial charge in [-0.15, -0.1) is 10.2 Å². The van der Waals surface area contributed by atoms with Crippen molar-refractivity contribution in [2.75, 3.05) is 36.1 Å². The highest BCUT2D eigenvalue weighted by molar-refractivity contribution is 5.73. The largest absolute Gasteiger partial charge is 0.423 e. The Morgan fingerprint density at radius 3 is 2.97 bits per heavy atom. The molecule has 2 aliphatic rings. The van der Waals surface area contributed by atoms with Gasteiger partial charge in [-0.05, 0) is 19.9 Å². The molecule has 4 heterocycles. The first kappa shape index (κ1) is 19.0. The summed E-state index contributed by atoms with van der Waals surface area (Å²) in [6.45, 7) is 9.18. The summed E-state index contributed by atoms with van der Waals surface area (Å²) in [5.41, 5.74) is 3.21. The van der Waals surface area contributed by atoms with Crippen LogP contribution in [0.15, 0.2) is 34.9 Å². The van der Waals surface area contributed by atoms with Crippen LogP contribution >= 0.6 is 0 Å². The number of rotatable bonds is 4. The first-order valence-corrected chi connectivity index (χ1v) is 10.5. The van der Waals surface area contributed by atoms with E-state index < -0.39 is 0 Å². The molecule has 30 heavy (non-hydrogen) atoms. The minimum absolute atomic E-state index is 0.0750. The van der Waals surface area contributed by atoms with Crippen molar-refractivity contribution in [2.24, 2.45) is 0 Å². The summed E-state index contributed by atoms with van der Waals surface area (Å²) in [6.07, 6.45) is 2.66. The summed E-state index contributed by atoms with van der Waals surface area (Å²) in [5.74, 6) is 2.96. The predicted octanol–water partition coefficient (Wildman–Crippen LogP) is 3.18. The van der Waals surface area contributed by atoms with Crippen LogP contribution in [-0.4, -0.2) is 52.5 Å². The Labute approximate surface area is 175 Å². The van der Waals surface area contributed by atoms with Crippen LogP contribution in [0.25, 0.3) is 11.4 Å². The van der Waals surface area contributed by atoms with Crippen molar-refractivity contribution in [3.05, 3.63) is 47.8 Å². The average molecular weight is 406 g/mol. The smallest absolute Gasteiger partial charge is 0.238 e. The zero-order valence-corrected chi connectivity index (χ0v) is 17.6. The van der Waals surface area contributed by atoms with E-state index in [-0.39, 0.29) is 12.1 Å². The molecule has 8 nitrogen and oxygen atoms in total. The fraction of sp³-hybridized carbons (Fsp3) is 0.455. The molecule has 0 radical (unpaired) electrons. The van der Waals surface area contributed by atoms with Crippen LogP contribution in [0.2, 0.25) is 0 Å². The highest BCUT2D eigenvalue weighted by Crippen LogP contribution is 2.39. The molecule has 2 aliphatic heterocycles. The Balaban J connectivity index is 1.56. The Morgan fingerprint density at radius 2 is 2.17 bits per heavy atom. The molecule has 0 bridgehead atoms. The number of anilines is 2. The van der Waals surface area contributed by atoms with Crippen LogP contribution in [-0.2, 0) is 11.2 Å². The van der Waals surface area contributed by atoms with Gasteiger partial charge in [0.2, 0.25) is 11.8 Å². The van der Waals surface area contributed by atoms with E-state index in [4.69, 9.17) is 19.1 Å². The van der Waals surface area contributed by atoms with E-state index in [1.165, 1.54) is 5.56 Å². The van der Waals surface area contributed by atoms with Crippen LogP contribution < -0.4 is 9.80 Å². The van der Waals surface area contributed by atoms with Crippen LogP contribution in [0.3, 0.4) is 0 Å². The molecule has 0 aliphatic carbocycles. The quantitative estimate of drug-likeness (QED) is 0.654. The fourth-order valence-corrected chi connectivity index (χ4v) is 4.19. The fourth-order valence-electron chi connectivity index (χ4n) is 4.19. The maximum absolute atomic E-state index is 5.86. The number of aromatic nitrogens is 4. The molecule has 1 unspecified atom stereocenters. The molecule has 156 valence electrons. The molecule has 5 rings (SSSR count). The van der Waals surface area contributed by atoms with Crippen molar-refractivity contribution in [2.45, 2.75) is 39.3 Å². The predicted molar refractivity (Wildman–Crippen MR) is 114 cm³/mol. The SMILES string of the molecule is CCc1nnc(C(C)N2C[C@@H]3COCCN3c3nc(-c4cccc(C)c4)ncc32)o1. The third-order valence-corrected chi connectivity index (χ3v) is 5.85. The van der Waals surface area contributed by atoms with Gasteiger partial charge in [0.15, 0.2) is 11.6 Å². The highest BCUT2D eigenvalue weighted by atomic mass is 16.5. The number of hydrogen-bond acceptors (Lipinski definition) is 8. The number of ether oxygens (including phenoxy) is 1. The minimum atomic E-state index is -0.0750. The number of aryl methyl sites for hydroxylation is 2. The van der Waals surface area contributed by atoms with E-state index in [0.29, 0.717) is 25.0 Å². The topological polar surface area (TPSA) is 80.4 Å². The Hall–Kier alpha value is -3.00. The molecule has 0 N–H and O–H groups in total. The van der Waals surface area contributed by atoms with Crippen molar-refractivity contribution in [3.63, 3.8) is 0 Å². The summed E-state index contributed by atoms with van der Waals surface area (Å²) in [6, 6.07) is 8.45. The summed E-state index contributed by atoms with van der Waals surface area (Å²) in [5, 5.41) is 8.41. The zero-order valence-electron chi connectivity index (χ0n) is 17.6. The van der Waals surface area contributed by atoms with Crippen LogP contribution in [0, 0.1) is 6.92 Å². The van der Waals surface area contributed by atoms with E-state index in [1.807, 2.05) is 19.2 Å². The van der Waals surface area contributed by atoms with Gasteiger partial charge in [-0.1, -0.05) is 30.7 Å². The first-order chi connectivity index (χ1) is 14.6. The minimum Gasteiger partial charge on any atom is -0.423 e. The number of fused-ring (bicyclic) bond motifs is 3. The standard InChI is InChI=1S/C22H26N6O2/c1-4-19-25-26-22(30-19)15(3)28-12-17-13-29-9-8-27(17)21-18(28)11-23-20(24-21)16-7-5-6-14(2)10-16/h5-7,10-11,15,17H,4,8-9,12-13H2,1-3H3/t15?,17-/m1/s1. The molecule has 1 aromatic carbocycles. The van der Waals surface area contributed by atoms with Crippen LogP contribution in [0.1, 0.15) is 37.2 Å². The number of nitrogens with zero attached hydrogens (tertiary/aromatic N) is 6. The summed E-state index contributed by atoms with van der Waals surface area (Å²) in [4.78, 5) is 14.3. The van der Waals surface area contributed by atoms with Gasteiger partial charge >= 0.3 is 0 Å². The molecular formula is C22H26N6O2. The second kappa shape index (κ2) is 7.68. The molecule has 2 atom stereocenters. The average Bonchev–Trinajstić information content (AvgIpc) is 3.27. The van der Waals surface area contributed by atoms with Gasteiger partial charge in [0, 0.05) is 25.1 Å². The molecule has 3 aromatic rings. The maximum atomic E-state index is 5.86. The molecule has 0 amide bonds. The Morgan fingerprint density at radius 1 is 1.27 bits per heavy atom. The molecule has 1 fully saturated rings. The highest BCUT2D eigenvalue weighted by Gasteiger charge is 2.38. The molecule has 2 aromatic heterocycles. The van der Waals surface area contributed by atoms with Crippen LogP contribution in [0.5, 0.6) is 0 Å². The Bertz CT molecular complexity index is 1050. The monoisotopic (exact) mass is 406 g/mol.